The molecule has 0 saturated carbocycles. The first-order valence-electron chi connectivity index (χ1n) is 6.00. The molecule has 0 unspecified atom stereocenters. The molecule has 0 aliphatic rings. The molecule has 0 amide bonds. The summed E-state index contributed by atoms with van der Waals surface area (Å²) >= 11 is 1.30. The van der Waals surface area contributed by atoms with Crippen LogP contribution in [0.15, 0.2) is 58.3 Å². The molecule has 2 aromatic carbocycles. The minimum absolute atomic E-state index is 0.598. The van der Waals surface area contributed by atoms with Crippen LogP contribution in [0.3, 0.4) is 0 Å². The normalized spacial score (nSPS) is 12.5. The largest absolute Gasteiger partial charge is 0.458 e. The van der Waals surface area contributed by atoms with Crippen molar-refractivity contribution >= 4 is 11.8 Å². The minimum atomic E-state index is -5.58. The molecule has 0 aliphatic carbocycles. The van der Waals surface area contributed by atoms with Gasteiger partial charge in [-0.05, 0) is 31.2 Å². The predicted molar refractivity (Wildman–Crippen MR) is 71.7 cm³/mol. The molecule has 2 rings (SSSR count). The Hall–Kier alpha value is -1.56. The molecule has 0 aliphatic heterocycles. The molecule has 0 radical (unpaired) electrons. The molecule has 0 fully saturated rings. The number of rotatable bonds is 3. The van der Waals surface area contributed by atoms with Crippen LogP contribution < -0.4 is 0 Å². The highest BCUT2D eigenvalue weighted by molar-refractivity contribution is 7.99. The molecule has 0 aromatic heterocycles. The summed E-state index contributed by atoms with van der Waals surface area (Å²) in [6, 6.07) is 11.7. The van der Waals surface area contributed by atoms with Crippen LogP contribution in [0.25, 0.3) is 0 Å². The maximum atomic E-state index is 13.1. The first kappa shape index (κ1) is 15.8. The van der Waals surface area contributed by atoms with Crippen LogP contribution in [-0.2, 0) is 5.92 Å². The molecular formula is C15H11F5S. The van der Waals surface area contributed by atoms with Gasteiger partial charge in [0, 0.05) is 15.4 Å². The van der Waals surface area contributed by atoms with Crippen LogP contribution in [0.2, 0.25) is 0 Å². The van der Waals surface area contributed by atoms with Gasteiger partial charge in [0.25, 0.3) is 0 Å². The molecule has 112 valence electrons. The van der Waals surface area contributed by atoms with Gasteiger partial charge in [-0.15, -0.1) is 0 Å². The Morgan fingerprint density at radius 2 is 1.14 bits per heavy atom. The molecule has 0 saturated heterocycles. The summed E-state index contributed by atoms with van der Waals surface area (Å²) in [4.78, 5) is 1.48. The second-order valence-electron chi connectivity index (χ2n) is 4.51. The van der Waals surface area contributed by atoms with Crippen molar-refractivity contribution in [3.63, 3.8) is 0 Å². The lowest BCUT2D eigenvalue weighted by atomic mass is 10.1. The van der Waals surface area contributed by atoms with Crippen LogP contribution in [0.1, 0.15) is 11.1 Å². The van der Waals surface area contributed by atoms with E-state index in [9.17, 15) is 22.0 Å². The highest BCUT2D eigenvalue weighted by atomic mass is 32.2. The lowest BCUT2D eigenvalue weighted by Crippen LogP contribution is -2.33. The lowest BCUT2D eigenvalue weighted by Gasteiger charge is -2.19. The number of benzene rings is 2. The van der Waals surface area contributed by atoms with Crippen molar-refractivity contribution < 1.29 is 22.0 Å². The van der Waals surface area contributed by atoms with E-state index in [1.54, 1.807) is 0 Å². The summed E-state index contributed by atoms with van der Waals surface area (Å²) in [6.07, 6.45) is -5.58. The van der Waals surface area contributed by atoms with Crippen molar-refractivity contribution in [1.82, 2.24) is 0 Å². The summed E-state index contributed by atoms with van der Waals surface area (Å²) in [5, 5.41) is 0. The Morgan fingerprint density at radius 3 is 1.57 bits per heavy atom. The maximum Gasteiger partial charge on any atom is 0.458 e. The third kappa shape index (κ3) is 3.56. The number of halogens is 5. The van der Waals surface area contributed by atoms with Gasteiger partial charge < -0.3 is 0 Å². The molecule has 0 atom stereocenters. The Bertz CT molecular complexity index is 599. The van der Waals surface area contributed by atoms with Crippen LogP contribution in [-0.4, -0.2) is 6.18 Å². The molecule has 0 spiro atoms. The van der Waals surface area contributed by atoms with Crippen molar-refractivity contribution in [2.75, 3.05) is 0 Å². The van der Waals surface area contributed by atoms with E-state index < -0.39 is 17.7 Å². The second-order valence-corrected chi connectivity index (χ2v) is 5.66. The van der Waals surface area contributed by atoms with Gasteiger partial charge in [0.2, 0.25) is 0 Å². The molecular weight excluding hydrogens is 307 g/mol. The fourth-order valence-corrected chi connectivity index (χ4v) is 2.45. The summed E-state index contributed by atoms with van der Waals surface area (Å²) in [7, 11) is 0. The predicted octanol–water partition coefficient (Wildman–Crippen LogP) is 5.80. The first-order chi connectivity index (χ1) is 9.70. The van der Waals surface area contributed by atoms with Gasteiger partial charge in [-0.3, -0.25) is 0 Å². The van der Waals surface area contributed by atoms with Crippen LogP contribution >= 0.6 is 11.8 Å². The van der Waals surface area contributed by atoms with Crippen molar-refractivity contribution in [3.05, 3.63) is 59.7 Å². The summed E-state index contributed by atoms with van der Waals surface area (Å²) in [5.74, 6) is -4.83. The zero-order valence-corrected chi connectivity index (χ0v) is 11.7. The Kier molecular flexibility index (Phi) is 4.27. The Labute approximate surface area is 123 Å². The minimum Gasteiger partial charge on any atom is -0.191 e. The molecule has 0 bridgehead atoms. The first-order valence-corrected chi connectivity index (χ1v) is 6.81. The van der Waals surface area contributed by atoms with E-state index in [0.29, 0.717) is 4.90 Å². The van der Waals surface area contributed by atoms with Gasteiger partial charge in [-0.25, -0.2) is 0 Å². The van der Waals surface area contributed by atoms with E-state index in [1.165, 1.54) is 23.9 Å². The van der Waals surface area contributed by atoms with Crippen molar-refractivity contribution in [2.24, 2.45) is 0 Å². The standard InChI is InChI=1S/C15H11F5S/c1-10-2-6-12(7-3-10)21-13-8-4-11(5-9-13)14(16,17)15(18,19)20/h2-9H,1H3. The molecule has 6 heteroatoms. The van der Waals surface area contributed by atoms with Gasteiger partial charge in [0.1, 0.15) is 0 Å². The van der Waals surface area contributed by atoms with Crippen LogP contribution in [0, 0.1) is 6.92 Å². The van der Waals surface area contributed by atoms with Crippen molar-refractivity contribution in [3.8, 4) is 0 Å². The highest BCUT2D eigenvalue weighted by Crippen LogP contribution is 2.44. The van der Waals surface area contributed by atoms with E-state index in [4.69, 9.17) is 0 Å². The monoisotopic (exact) mass is 318 g/mol. The smallest absolute Gasteiger partial charge is 0.191 e. The summed E-state index contributed by atoms with van der Waals surface area (Å²) in [5.41, 5.74) is 0.0303. The third-order valence-corrected chi connectivity index (χ3v) is 3.85. The van der Waals surface area contributed by atoms with Gasteiger partial charge >= 0.3 is 12.1 Å². The average Bonchev–Trinajstić information content (AvgIpc) is 2.41. The fraction of sp³-hybridized carbons (Fsp3) is 0.200. The number of aryl methyl sites for hydroxylation is 1. The summed E-state index contributed by atoms with van der Waals surface area (Å²) < 4.78 is 63.0. The average molecular weight is 318 g/mol. The second kappa shape index (κ2) is 5.67. The van der Waals surface area contributed by atoms with E-state index in [2.05, 4.69) is 0 Å². The highest BCUT2D eigenvalue weighted by Gasteiger charge is 2.58. The summed E-state index contributed by atoms with van der Waals surface area (Å²) in [6.45, 7) is 1.93. The Balaban J connectivity index is 2.18. The van der Waals surface area contributed by atoms with Crippen LogP contribution in [0.5, 0.6) is 0 Å². The Morgan fingerprint density at radius 1 is 0.714 bits per heavy atom. The topological polar surface area (TPSA) is 0 Å². The maximum absolute atomic E-state index is 13.1. The lowest BCUT2D eigenvalue weighted by molar-refractivity contribution is -0.289. The van der Waals surface area contributed by atoms with E-state index in [0.717, 1.165) is 22.6 Å². The molecule has 2 aromatic rings. The van der Waals surface area contributed by atoms with Gasteiger partial charge in [-0.1, -0.05) is 41.6 Å². The zero-order chi connectivity index (χ0) is 15.7. The van der Waals surface area contributed by atoms with E-state index in [-0.39, 0.29) is 0 Å². The zero-order valence-electron chi connectivity index (χ0n) is 10.9. The number of hydrogen-bond acceptors (Lipinski definition) is 1. The van der Waals surface area contributed by atoms with Crippen LogP contribution in [0.4, 0.5) is 22.0 Å². The molecule has 21 heavy (non-hydrogen) atoms. The molecule has 0 nitrogen and oxygen atoms in total. The molecule has 0 heterocycles. The van der Waals surface area contributed by atoms with Gasteiger partial charge in [0.05, 0.1) is 0 Å². The third-order valence-electron chi connectivity index (χ3n) is 2.83. The molecule has 0 N–H and O–H groups in total. The SMILES string of the molecule is Cc1ccc(Sc2ccc(C(F)(F)C(F)(F)F)cc2)cc1. The van der Waals surface area contributed by atoms with Crippen molar-refractivity contribution in [2.45, 2.75) is 28.8 Å². The van der Waals surface area contributed by atoms with Crippen molar-refractivity contribution in [1.29, 1.82) is 0 Å². The van der Waals surface area contributed by atoms with Gasteiger partial charge in [0.15, 0.2) is 0 Å². The van der Waals surface area contributed by atoms with E-state index in [1.807, 2.05) is 31.2 Å². The fourth-order valence-electron chi connectivity index (χ4n) is 1.64. The number of alkyl halides is 5. The van der Waals surface area contributed by atoms with Gasteiger partial charge in [-0.2, -0.15) is 22.0 Å². The number of hydrogen-bond donors (Lipinski definition) is 0. The van der Waals surface area contributed by atoms with E-state index >= 15 is 0 Å². The quantitative estimate of drug-likeness (QED) is 0.644.